The Bertz CT molecular complexity index is 407. The molecule has 0 saturated carbocycles. The molecule has 0 unspecified atom stereocenters. The van der Waals surface area contributed by atoms with Crippen LogP contribution in [0.15, 0.2) is 29.3 Å². The standard InChI is InChI=1S/C13H17NO3/c1-9(2)16-11(4)14-13(15)17-12-7-5-10(3)6-8-12/h5-9H,1-4H3. The Kier molecular flexibility index (Phi) is 4.69. The highest BCUT2D eigenvalue weighted by atomic mass is 16.6. The van der Waals surface area contributed by atoms with Crippen molar-refractivity contribution in [2.75, 3.05) is 0 Å². The first-order valence-corrected chi connectivity index (χ1v) is 5.48. The molecule has 0 aliphatic carbocycles. The monoisotopic (exact) mass is 235 g/mol. The van der Waals surface area contributed by atoms with E-state index in [0.717, 1.165) is 5.56 Å². The minimum atomic E-state index is -0.674. The van der Waals surface area contributed by atoms with Crippen LogP contribution in [0.3, 0.4) is 0 Å². The fourth-order valence-corrected chi connectivity index (χ4v) is 1.23. The third kappa shape index (κ3) is 5.15. The second kappa shape index (κ2) is 6.03. The van der Waals surface area contributed by atoms with Crippen molar-refractivity contribution in [1.82, 2.24) is 0 Å². The Balaban J connectivity index is 2.57. The summed E-state index contributed by atoms with van der Waals surface area (Å²) in [5.74, 6) is 0.777. The zero-order valence-electron chi connectivity index (χ0n) is 10.6. The minimum Gasteiger partial charge on any atom is -0.478 e. The summed E-state index contributed by atoms with van der Waals surface area (Å²) in [6.07, 6.45) is -0.682. The summed E-state index contributed by atoms with van der Waals surface area (Å²) in [6, 6.07) is 7.18. The smallest absolute Gasteiger partial charge is 0.442 e. The van der Waals surface area contributed by atoms with Crippen LogP contribution in [0.5, 0.6) is 5.75 Å². The Morgan fingerprint density at radius 1 is 1.24 bits per heavy atom. The van der Waals surface area contributed by atoms with Gasteiger partial charge in [0.2, 0.25) is 0 Å². The van der Waals surface area contributed by atoms with Crippen molar-refractivity contribution in [3.63, 3.8) is 0 Å². The van der Waals surface area contributed by atoms with Gasteiger partial charge in [-0.25, -0.2) is 4.79 Å². The van der Waals surface area contributed by atoms with E-state index < -0.39 is 6.09 Å². The van der Waals surface area contributed by atoms with E-state index in [-0.39, 0.29) is 6.10 Å². The number of rotatable bonds is 2. The summed E-state index contributed by atoms with van der Waals surface area (Å²) in [6.45, 7) is 7.31. The highest BCUT2D eigenvalue weighted by Crippen LogP contribution is 2.12. The number of nitrogens with zero attached hydrogens (tertiary/aromatic N) is 1. The minimum absolute atomic E-state index is 0.00840. The first-order valence-electron chi connectivity index (χ1n) is 5.48. The largest absolute Gasteiger partial charge is 0.478 e. The molecule has 0 radical (unpaired) electrons. The number of aryl methyl sites for hydroxylation is 1. The maximum absolute atomic E-state index is 11.4. The predicted octanol–water partition coefficient (Wildman–Crippen LogP) is 3.34. The van der Waals surface area contributed by atoms with E-state index in [1.807, 2.05) is 32.9 Å². The van der Waals surface area contributed by atoms with Gasteiger partial charge in [0.1, 0.15) is 5.75 Å². The molecule has 1 amide bonds. The van der Waals surface area contributed by atoms with Gasteiger partial charge in [-0.1, -0.05) is 17.7 Å². The van der Waals surface area contributed by atoms with Crippen LogP contribution in [0.2, 0.25) is 0 Å². The lowest BCUT2D eigenvalue weighted by Gasteiger charge is -2.07. The fourth-order valence-electron chi connectivity index (χ4n) is 1.23. The van der Waals surface area contributed by atoms with Gasteiger partial charge in [-0.15, -0.1) is 4.99 Å². The van der Waals surface area contributed by atoms with Gasteiger partial charge in [-0.2, -0.15) is 0 Å². The molecule has 1 aromatic rings. The highest BCUT2D eigenvalue weighted by Gasteiger charge is 2.05. The first-order chi connectivity index (χ1) is 7.97. The van der Waals surface area contributed by atoms with Gasteiger partial charge < -0.3 is 9.47 Å². The van der Waals surface area contributed by atoms with Gasteiger partial charge in [0.05, 0.1) is 6.10 Å². The second-order valence-corrected chi connectivity index (χ2v) is 3.98. The van der Waals surface area contributed by atoms with Gasteiger partial charge in [0.25, 0.3) is 0 Å². The Labute approximate surface area is 101 Å². The molecule has 0 heterocycles. The molecule has 0 fully saturated rings. The van der Waals surface area contributed by atoms with E-state index in [2.05, 4.69) is 4.99 Å². The molecule has 0 spiro atoms. The van der Waals surface area contributed by atoms with E-state index in [9.17, 15) is 4.79 Å². The van der Waals surface area contributed by atoms with Crippen molar-refractivity contribution in [2.45, 2.75) is 33.8 Å². The lowest BCUT2D eigenvalue weighted by atomic mass is 10.2. The molecule has 0 aliphatic rings. The van der Waals surface area contributed by atoms with Crippen LogP contribution in [-0.4, -0.2) is 18.1 Å². The number of carbonyl (C=O) groups is 1. The maximum Gasteiger partial charge on any atom is 0.442 e. The predicted molar refractivity (Wildman–Crippen MR) is 66.5 cm³/mol. The van der Waals surface area contributed by atoms with Crippen LogP contribution in [0, 0.1) is 6.92 Å². The molecule has 4 nitrogen and oxygen atoms in total. The molecule has 0 atom stereocenters. The molecule has 0 saturated heterocycles. The number of amides is 1. The molecule has 0 aromatic heterocycles. The third-order valence-corrected chi connectivity index (χ3v) is 1.88. The van der Waals surface area contributed by atoms with E-state index in [1.165, 1.54) is 0 Å². The summed E-state index contributed by atoms with van der Waals surface area (Å²) < 4.78 is 10.2. The van der Waals surface area contributed by atoms with Crippen molar-refractivity contribution >= 4 is 12.0 Å². The summed E-state index contributed by atoms with van der Waals surface area (Å²) >= 11 is 0. The summed E-state index contributed by atoms with van der Waals surface area (Å²) in [7, 11) is 0. The molecule has 1 rings (SSSR count). The average Bonchev–Trinajstić information content (AvgIpc) is 2.19. The van der Waals surface area contributed by atoms with Crippen molar-refractivity contribution in [1.29, 1.82) is 0 Å². The van der Waals surface area contributed by atoms with Gasteiger partial charge >= 0.3 is 6.09 Å². The van der Waals surface area contributed by atoms with E-state index in [0.29, 0.717) is 11.6 Å². The maximum atomic E-state index is 11.4. The van der Waals surface area contributed by atoms with Crippen molar-refractivity contribution < 1.29 is 14.3 Å². The third-order valence-electron chi connectivity index (χ3n) is 1.88. The topological polar surface area (TPSA) is 47.9 Å². The summed E-state index contributed by atoms with van der Waals surface area (Å²) in [5.41, 5.74) is 1.10. The van der Waals surface area contributed by atoms with E-state index in [1.54, 1.807) is 19.1 Å². The van der Waals surface area contributed by atoms with Crippen LogP contribution in [-0.2, 0) is 4.74 Å². The van der Waals surface area contributed by atoms with Gasteiger partial charge in [0, 0.05) is 6.92 Å². The fraction of sp³-hybridized carbons (Fsp3) is 0.385. The van der Waals surface area contributed by atoms with Crippen molar-refractivity contribution in [2.24, 2.45) is 4.99 Å². The lowest BCUT2D eigenvalue weighted by Crippen LogP contribution is -2.12. The molecule has 92 valence electrons. The van der Waals surface area contributed by atoms with Crippen LogP contribution >= 0.6 is 0 Å². The van der Waals surface area contributed by atoms with Crippen LogP contribution in [0.4, 0.5) is 4.79 Å². The molecule has 1 aromatic carbocycles. The lowest BCUT2D eigenvalue weighted by molar-refractivity contribution is 0.204. The summed E-state index contributed by atoms with van der Waals surface area (Å²) in [5, 5.41) is 0. The number of hydrogen-bond acceptors (Lipinski definition) is 3. The number of benzene rings is 1. The normalized spacial score (nSPS) is 11.5. The molecular formula is C13H17NO3. The molecule has 17 heavy (non-hydrogen) atoms. The number of hydrogen-bond donors (Lipinski definition) is 0. The SMILES string of the molecule is CC(=NC(=O)Oc1ccc(C)cc1)OC(C)C. The number of carbonyl (C=O) groups excluding carboxylic acids is 1. The molecule has 4 heteroatoms. The van der Waals surface area contributed by atoms with Gasteiger partial charge in [0.15, 0.2) is 5.90 Å². The zero-order valence-corrected chi connectivity index (χ0v) is 10.6. The van der Waals surface area contributed by atoms with Crippen LogP contribution in [0.25, 0.3) is 0 Å². The summed E-state index contributed by atoms with van der Waals surface area (Å²) in [4.78, 5) is 15.1. The quantitative estimate of drug-likeness (QED) is 0.583. The van der Waals surface area contributed by atoms with E-state index >= 15 is 0 Å². The highest BCUT2D eigenvalue weighted by molar-refractivity contribution is 5.87. The van der Waals surface area contributed by atoms with Crippen molar-refractivity contribution in [3.05, 3.63) is 29.8 Å². The van der Waals surface area contributed by atoms with Crippen LogP contribution < -0.4 is 4.74 Å². The van der Waals surface area contributed by atoms with Crippen molar-refractivity contribution in [3.8, 4) is 5.75 Å². The molecular weight excluding hydrogens is 218 g/mol. The molecule has 0 bridgehead atoms. The Morgan fingerprint density at radius 2 is 1.82 bits per heavy atom. The van der Waals surface area contributed by atoms with Gasteiger partial charge in [-0.05, 0) is 32.9 Å². The van der Waals surface area contributed by atoms with Gasteiger partial charge in [-0.3, -0.25) is 0 Å². The Morgan fingerprint density at radius 3 is 2.35 bits per heavy atom. The van der Waals surface area contributed by atoms with E-state index in [4.69, 9.17) is 9.47 Å². The second-order valence-electron chi connectivity index (χ2n) is 3.98. The number of ether oxygens (including phenoxy) is 2. The zero-order chi connectivity index (χ0) is 12.8. The van der Waals surface area contributed by atoms with Crippen LogP contribution in [0.1, 0.15) is 26.3 Å². The molecule has 0 aliphatic heterocycles. The number of aliphatic imine (C=N–C) groups is 1. The first kappa shape index (κ1) is 13.2. The Hall–Kier alpha value is -1.84. The molecule has 0 N–H and O–H groups in total. The average molecular weight is 235 g/mol.